The monoisotopic (exact) mass is 272 g/mol. The maximum atomic E-state index is 11.4. The van der Waals surface area contributed by atoms with Gasteiger partial charge in [-0.15, -0.1) is 0 Å². The number of hydrogen-bond acceptors (Lipinski definition) is 4. The van der Waals surface area contributed by atoms with Crippen molar-refractivity contribution < 1.29 is 4.79 Å². The van der Waals surface area contributed by atoms with Crippen molar-refractivity contribution in [2.75, 3.05) is 26.0 Å². The van der Waals surface area contributed by atoms with Crippen LogP contribution in [0.3, 0.4) is 0 Å². The Morgan fingerprint density at radius 2 is 2.20 bits per heavy atom. The van der Waals surface area contributed by atoms with Crippen molar-refractivity contribution in [2.24, 2.45) is 0 Å². The number of hydrogen-bond donors (Lipinski definition) is 1. The van der Waals surface area contributed by atoms with Gasteiger partial charge < -0.3 is 10.2 Å². The molecule has 1 amide bonds. The van der Waals surface area contributed by atoms with Gasteiger partial charge in [0, 0.05) is 13.0 Å². The molecular formula is C9H13BrN4O. The van der Waals surface area contributed by atoms with E-state index < -0.39 is 0 Å². The van der Waals surface area contributed by atoms with E-state index in [1.165, 1.54) is 6.20 Å². The van der Waals surface area contributed by atoms with Crippen LogP contribution in [0, 0.1) is 0 Å². The number of nitrogens with zero attached hydrogens (tertiary/aromatic N) is 3. The molecule has 0 fully saturated rings. The van der Waals surface area contributed by atoms with Crippen molar-refractivity contribution >= 4 is 27.7 Å². The van der Waals surface area contributed by atoms with Crippen LogP contribution >= 0.6 is 15.9 Å². The standard InChI is InChI=1S/C9H13BrN4O/c1-14(2)4-3-9(15)13-8-6-11-7(10)5-12-8/h5-6H,3-4H2,1-2H3,(H,12,13,15). The molecule has 6 heteroatoms. The van der Waals surface area contributed by atoms with Gasteiger partial charge in [0.1, 0.15) is 4.60 Å². The van der Waals surface area contributed by atoms with Crippen molar-refractivity contribution in [3.63, 3.8) is 0 Å². The quantitative estimate of drug-likeness (QED) is 0.893. The zero-order valence-corrected chi connectivity index (χ0v) is 10.3. The average molecular weight is 273 g/mol. The highest BCUT2D eigenvalue weighted by Gasteiger charge is 2.03. The molecule has 0 saturated heterocycles. The van der Waals surface area contributed by atoms with Gasteiger partial charge in [-0.1, -0.05) is 0 Å². The van der Waals surface area contributed by atoms with Crippen LogP contribution in [0.1, 0.15) is 6.42 Å². The predicted octanol–water partition coefficient (Wildman–Crippen LogP) is 1.13. The highest BCUT2D eigenvalue weighted by atomic mass is 79.9. The van der Waals surface area contributed by atoms with Gasteiger partial charge in [0.25, 0.3) is 0 Å². The summed E-state index contributed by atoms with van der Waals surface area (Å²) in [5.41, 5.74) is 0. The topological polar surface area (TPSA) is 58.1 Å². The van der Waals surface area contributed by atoms with Crippen LogP contribution in [-0.4, -0.2) is 41.4 Å². The van der Waals surface area contributed by atoms with Crippen LogP contribution in [-0.2, 0) is 4.79 Å². The van der Waals surface area contributed by atoms with Crippen molar-refractivity contribution in [1.82, 2.24) is 14.9 Å². The molecule has 15 heavy (non-hydrogen) atoms. The molecule has 1 heterocycles. The summed E-state index contributed by atoms with van der Waals surface area (Å²) in [7, 11) is 3.85. The molecule has 0 spiro atoms. The maximum Gasteiger partial charge on any atom is 0.226 e. The van der Waals surface area contributed by atoms with E-state index in [1.54, 1.807) is 6.20 Å². The van der Waals surface area contributed by atoms with Gasteiger partial charge in [-0.25, -0.2) is 9.97 Å². The molecule has 0 aliphatic carbocycles. The first-order valence-electron chi connectivity index (χ1n) is 4.50. The third-order valence-electron chi connectivity index (χ3n) is 1.67. The summed E-state index contributed by atoms with van der Waals surface area (Å²) in [5.74, 6) is 0.419. The zero-order valence-electron chi connectivity index (χ0n) is 8.70. The van der Waals surface area contributed by atoms with Crippen LogP contribution in [0.15, 0.2) is 17.0 Å². The van der Waals surface area contributed by atoms with Crippen molar-refractivity contribution in [3.05, 3.63) is 17.0 Å². The van der Waals surface area contributed by atoms with Gasteiger partial charge in [0.2, 0.25) is 5.91 Å². The molecule has 0 saturated carbocycles. The van der Waals surface area contributed by atoms with Gasteiger partial charge in [0.15, 0.2) is 5.82 Å². The van der Waals surface area contributed by atoms with Gasteiger partial charge in [0.05, 0.1) is 12.4 Å². The fraction of sp³-hybridized carbons (Fsp3) is 0.444. The van der Waals surface area contributed by atoms with E-state index in [1.807, 2.05) is 19.0 Å². The molecule has 0 aromatic carbocycles. The Morgan fingerprint density at radius 1 is 1.47 bits per heavy atom. The number of aromatic nitrogens is 2. The number of anilines is 1. The molecule has 1 rings (SSSR count). The second kappa shape index (κ2) is 5.77. The lowest BCUT2D eigenvalue weighted by Gasteiger charge is -2.08. The van der Waals surface area contributed by atoms with E-state index in [-0.39, 0.29) is 5.91 Å². The molecule has 0 unspecified atom stereocenters. The Balaban J connectivity index is 2.41. The van der Waals surface area contributed by atoms with Gasteiger partial charge in [-0.05, 0) is 30.0 Å². The maximum absolute atomic E-state index is 11.4. The van der Waals surface area contributed by atoms with Crippen molar-refractivity contribution in [2.45, 2.75) is 6.42 Å². The van der Waals surface area contributed by atoms with E-state index in [4.69, 9.17) is 0 Å². The largest absolute Gasteiger partial charge is 0.309 e. The first-order chi connectivity index (χ1) is 7.08. The first kappa shape index (κ1) is 12.1. The minimum Gasteiger partial charge on any atom is -0.309 e. The molecule has 1 N–H and O–H groups in total. The van der Waals surface area contributed by atoms with Crippen LogP contribution in [0.5, 0.6) is 0 Å². The molecule has 1 aromatic heterocycles. The molecule has 82 valence electrons. The molecule has 0 aliphatic rings. The Hall–Kier alpha value is -1.01. The summed E-state index contributed by atoms with van der Waals surface area (Å²) in [6, 6.07) is 0. The van der Waals surface area contributed by atoms with E-state index in [2.05, 4.69) is 31.2 Å². The number of carbonyl (C=O) groups excluding carboxylic acids is 1. The minimum atomic E-state index is -0.0553. The van der Waals surface area contributed by atoms with E-state index in [0.717, 1.165) is 6.54 Å². The second-order valence-corrected chi connectivity index (χ2v) is 4.14. The Kier molecular flexibility index (Phi) is 4.64. The van der Waals surface area contributed by atoms with Crippen LogP contribution < -0.4 is 5.32 Å². The number of rotatable bonds is 4. The van der Waals surface area contributed by atoms with Gasteiger partial charge in [-0.3, -0.25) is 4.79 Å². The third kappa shape index (κ3) is 4.85. The van der Waals surface area contributed by atoms with E-state index >= 15 is 0 Å². The van der Waals surface area contributed by atoms with Crippen molar-refractivity contribution in [3.8, 4) is 0 Å². The number of amides is 1. The fourth-order valence-electron chi connectivity index (χ4n) is 0.907. The SMILES string of the molecule is CN(C)CCC(=O)Nc1cnc(Br)cn1. The summed E-state index contributed by atoms with van der Waals surface area (Å²) in [4.78, 5) is 21.3. The molecular weight excluding hydrogens is 260 g/mol. The lowest BCUT2D eigenvalue weighted by Crippen LogP contribution is -2.21. The predicted molar refractivity (Wildman–Crippen MR) is 61.5 cm³/mol. The Morgan fingerprint density at radius 3 is 2.73 bits per heavy atom. The summed E-state index contributed by atoms with van der Waals surface area (Å²) in [6.45, 7) is 0.718. The normalized spacial score (nSPS) is 10.4. The van der Waals surface area contributed by atoms with Crippen LogP contribution in [0.25, 0.3) is 0 Å². The minimum absolute atomic E-state index is 0.0553. The Bertz CT molecular complexity index is 325. The van der Waals surface area contributed by atoms with E-state index in [0.29, 0.717) is 16.8 Å². The van der Waals surface area contributed by atoms with E-state index in [9.17, 15) is 4.79 Å². The smallest absolute Gasteiger partial charge is 0.226 e. The van der Waals surface area contributed by atoms with Gasteiger partial charge >= 0.3 is 0 Å². The average Bonchev–Trinajstić information content (AvgIpc) is 2.19. The van der Waals surface area contributed by atoms with Gasteiger partial charge in [-0.2, -0.15) is 0 Å². The molecule has 0 aliphatic heterocycles. The highest BCUT2D eigenvalue weighted by molar-refractivity contribution is 9.10. The summed E-state index contributed by atoms with van der Waals surface area (Å²) < 4.78 is 0.647. The fourth-order valence-corrected chi connectivity index (χ4v) is 1.11. The lowest BCUT2D eigenvalue weighted by molar-refractivity contribution is -0.116. The van der Waals surface area contributed by atoms with Crippen LogP contribution in [0.2, 0.25) is 0 Å². The number of carbonyl (C=O) groups is 1. The zero-order chi connectivity index (χ0) is 11.3. The summed E-state index contributed by atoms with van der Waals surface area (Å²) in [5, 5.41) is 2.66. The summed E-state index contributed by atoms with van der Waals surface area (Å²) >= 11 is 3.17. The molecule has 0 atom stereocenters. The molecule has 1 aromatic rings. The Labute approximate surface area is 97.0 Å². The van der Waals surface area contributed by atoms with Crippen LogP contribution in [0.4, 0.5) is 5.82 Å². The number of halogens is 1. The molecule has 5 nitrogen and oxygen atoms in total. The molecule has 0 bridgehead atoms. The molecule has 0 radical (unpaired) electrons. The van der Waals surface area contributed by atoms with Crippen molar-refractivity contribution in [1.29, 1.82) is 0 Å². The highest BCUT2D eigenvalue weighted by Crippen LogP contribution is 2.06. The second-order valence-electron chi connectivity index (χ2n) is 3.33. The first-order valence-corrected chi connectivity index (χ1v) is 5.29. The third-order valence-corrected chi connectivity index (χ3v) is 2.08. The number of nitrogens with one attached hydrogen (secondary N) is 1. The lowest BCUT2D eigenvalue weighted by atomic mass is 10.4. The summed E-state index contributed by atoms with van der Waals surface area (Å²) in [6.07, 6.45) is 3.50.